The molecule has 0 bridgehead atoms. The largest absolute Gasteiger partial charge is 0.507 e. The van der Waals surface area contributed by atoms with E-state index in [1.54, 1.807) is 18.2 Å². The average molecular weight is 364 g/mol. The predicted octanol–water partition coefficient (Wildman–Crippen LogP) is 4.18. The van der Waals surface area contributed by atoms with Crippen LogP contribution in [0.1, 0.15) is 19.3 Å². The molecule has 2 aromatic carbocycles. The first kappa shape index (κ1) is 17.6. The number of hydrogen-bond acceptors (Lipinski definition) is 5. The van der Waals surface area contributed by atoms with Gasteiger partial charge in [-0.1, -0.05) is 6.07 Å². The zero-order valence-electron chi connectivity index (χ0n) is 15.3. The molecule has 0 aliphatic carbocycles. The van der Waals surface area contributed by atoms with Crippen molar-refractivity contribution >= 4 is 10.9 Å². The lowest BCUT2D eigenvalue weighted by atomic mass is 10.1. The van der Waals surface area contributed by atoms with Gasteiger partial charge in [-0.05, 0) is 74.8 Å². The summed E-state index contributed by atoms with van der Waals surface area (Å²) in [5, 5.41) is 20.8. The molecule has 2 N–H and O–H groups in total. The van der Waals surface area contributed by atoms with Crippen molar-refractivity contribution in [1.29, 1.82) is 0 Å². The highest BCUT2D eigenvalue weighted by molar-refractivity contribution is 5.89. The fourth-order valence-corrected chi connectivity index (χ4v) is 3.58. The normalized spacial score (nSPS) is 14.7. The van der Waals surface area contributed by atoms with E-state index in [1.807, 2.05) is 30.3 Å². The molecule has 1 aliphatic rings. The molecular weight excluding hydrogens is 340 g/mol. The second-order valence-electron chi connectivity index (χ2n) is 6.98. The van der Waals surface area contributed by atoms with Crippen LogP contribution in [-0.4, -0.2) is 46.3 Å². The van der Waals surface area contributed by atoms with Crippen molar-refractivity contribution in [1.82, 2.24) is 9.88 Å². The summed E-state index contributed by atoms with van der Waals surface area (Å²) < 4.78 is 5.83. The van der Waals surface area contributed by atoms with Gasteiger partial charge in [-0.25, -0.2) is 4.98 Å². The standard InChI is InChI=1S/C22H24N2O3/c25-20-6-3-5-19-18(20)15-21(26)22(23-19)16-7-9-17(10-8-16)27-14-4-13-24-11-1-2-12-24/h3,5-10,15,25-26H,1-2,4,11-14H2. The Bertz CT molecular complexity index is 919. The van der Waals surface area contributed by atoms with Gasteiger partial charge in [0.25, 0.3) is 0 Å². The molecule has 27 heavy (non-hydrogen) atoms. The first-order valence-electron chi connectivity index (χ1n) is 9.48. The highest BCUT2D eigenvalue weighted by atomic mass is 16.5. The van der Waals surface area contributed by atoms with Crippen LogP contribution in [-0.2, 0) is 0 Å². The maximum Gasteiger partial charge on any atom is 0.142 e. The van der Waals surface area contributed by atoms with Gasteiger partial charge in [-0.3, -0.25) is 0 Å². The molecule has 0 atom stereocenters. The summed E-state index contributed by atoms with van der Waals surface area (Å²) in [6, 6.07) is 14.3. The third-order valence-corrected chi connectivity index (χ3v) is 5.03. The van der Waals surface area contributed by atoms with Crippen molar-refractivity contribution in [3.63, 3.8) is 0 Å². The van der Waals surface area contributed by atoms with Gasteiger partial charge in [-0.15, -0.1) is 0 Å². The number of likely N-dealkylation sites (tertiary alicyclic amines) is 1. The second kappa shape index (κ2) is 7.84. The van der Waals surface area contributed by atoms with E-state index in [2.05, 4.69) is 9.88 Å². The molecule has 0 unspecified atom stereocenters. The fraction of sp³-hybridized carbons (Fsp3) is 0.318. The zero-order chi connectivity index (χ0) is 18.6. The Balaban J connectivity index is 1.42. The lowest BCUT2D eigenvalue weighted by molar-refractivity contribution is 0.263. The molecule has 0 amide bonds. The second-order valence-corrected chi connectivity index (χ2v) is 6.98. The summed E-state index contributed by atoms with van der Waals surface area (Å²) in [7, 11) is 0. The van der Waals surface area contributed by atoms with E-state index < -0.39 is 0 Å². The van der Waals surface area contributed by atoms with E-state index in [9.17, 15) is 10.2 Å². The van der Waals surface area contributed by atoms with Crippen molar-refractivity contribution < 1.29 is 14.9 Å². The minimum absolute atomic E-state index is 0.0447. The maximum atomic E-state index is 10.3. The average Bonchev–Trinajstić information content (AvgIpc) is 3.20. The minimum Gasteiger partial charge on any atom is -0.507 e. The molecule has 2 heterocycles. The number of hydrogen-bond donors (Lipinski definition) is 2. The molecule has 140 valence electrons. The molecule has 5 heteroatoms. The van der Waals surface area contributed by atoms with E-state index in [0.29, 0.717) is 23.2 Å². The molecule has 0 radical (unpaired) electrons. The maximum absolute atomic E-state index is 10.3. The van der Waals surface area contributed by atoms with E-state index in [1.165, 1.54) is 25.9 Å². The van der Waals surface area contributed by atoms with E-state index in [4.69, 9.17) is 4.74 Å². The van der Waals surface area contributed by atoms with Crippen molar-refractivity contribution in [3.05, 3.63) is 48.5 Å². The number of rotatable bonds is 6. The number of pyridine rings is 1. The fourth-order valence-electron chi connectivity index (χ4n) is 3.58. The van der Waals surface area contributed by atoms with Gasteiger partial charge in [0.05, 0.1) is 12.1 Å². The number of ether oxygens (including phenoxy) is 1. The minimum atomic E-state index is 0.0447. The molecule has 4 rings (SSSR count). The molecule has 1 aromatic heterocycles. The van der Waals surface area contributed by atoms with Gasteiger partial charge < -0.3 is 19.8 Å². The number of aromatic hydroxyl groups is 2. The van der Waals surface area contributed by atoms with Gasteiger partial charge in [0, 0.05) is 17.5 Å². The van der Waals surface area contributed by atoms with Crippen LogP contribution in [0.3, 0.4) is 0 Å². The smallest absolute Gasteiger partial charge is 0.142 e. The quantitative estimate of drug-likeness (QED) is 0.643. The zero-order valence-corrected chi connectivity index (χ0v) is 15.3. The number of phenolic OH excluding ortho intramolecular Hbond substituents is 1. The van der Waals surface area contributed by atoms with Crippen LogP contribution in [0.15, 0.2) is 48.5 Å². The molecule has 3 aromatic rings. The van der Waals surface area contributed by atoms with Gasteiger partial charge in [0.15, 0.2) is 0 Å². The van der Waals surface area contributed by atoms with Gasteiger partial charge in [0.1, 0.15) is 22.9 Å². The third kappa shape index (κ3) is 3.98. The summed E-state index contributed by atoms with van der Waals surface area (Å²) in [6.07, 6.45) is 3.66. The number of phenols is 1. The number of aromatic nitrogens is 1. The number of nitrogens with zero attached hydrogens (tertiary/aromatic N) is 2. The topological polar surface area (TPSA) is 65.8 Å². The molecule has 5 nitrogen and oxygen atoms in total. The SMILES string of the molecule is Oc1cc2c(O)cccc2nc1-c1ccc(OCCCN2CCCC2)cc1. The van der Waals surface area contributed by atoms with Crippen molar-refractivity contribution in [2.45, 2.75) is 19.3 Å². The molecule has 1 aliphatic heterocycles. The first-order chi connectivity index (χ1) is 13.2. The highest BCUT2D eigenvalue weighted by Crippen LogP contribution is 2.34. The van der Waals surface area contributed by atoms with E-state index in [0.717, 1.165) is 24.3 Å². The summed E-state index contributed by atoms with van der Waals surface area (Å²) in [4.78, 5) is 6.98. The lowest BCUT2D eigenvalue weighted by Crippen LogP contribution is -2.21. The Hall–Kier alpha value is -2.79. The molecule has 0 saturated carbocycles. The van der Waals surface area contributed by atoms with Gasteiger partial charge >= 0.3 is 0 Å². The molecule has 1 fully saturated rings. The number of fused-ring (bicyclic) bond motifs is 1. The Morgan fingerprint density at radius 1 is 0.963 bits per heavy atom. The summed E-state index contributed by atoms with van der Waals surface area (Å²) >= 11 is 0. The Morgan fingerprint density at radius 3 is 2.52 bits per heavy atom. The van der Waals surface area contributed by atoms with Crippen LogP contribution in [0.25, 0.3) is 22.2 Å². The summed E-state index contributed by atoms with van der Waals surface area (Å²) in [5.41, 5.74) is 1.95. The molecular formula is C22H24N2O3. The summed E-state index contributed by atoms with van der Waals surface area (Å²) in [5.74, 6) is 0.973. The molecule has 1 saturated heterocycles. The number of benzene rings is 2. The monoisotopic (exact) mass is 364 g/mol. The van der Waals surface area contributed by atoms with Crippen molar-refractivity contribution in [2.24, 2.45) is 0 Å². The lowest BCUT2D eigenvalue weighted by Gasteiger charge is -2.14. The van der Waals surface area contributed by atoms with Crippen LogP contribution in [0.2, 0.25) is 0 Å². The van der Waals surface area contributed by atoms with Crippen LogP contribution in [0.5, 0.6) is 17.2 Å². The molecule has 0 spiro atoms. The van der Waals surface area contributed by atoms with E-state index in [-0.39, 0.29) is 11.5 Å². The van der Waals surface area contributed by atoms with Gasteiger partial charge in [0.2, 0.25) is 0 Å². The Morgan fingerprint density at radius 2 is 1.74 bits per heavy atom. The van der Waals surface area contributed by atoms with Crippen LogP contribution >= 0.6 is 0 Å². The Kier molecular flexibility index (Phi) is 5.12. The highest BCUT2D eigenvalue weighted by Gasteiger charge is 2.12. The van der Waals surface area contributed by atoms with Crippen molar-refractivity contribution in [2.75, 3.05) is 26.2 Å². The Labute approximate surface area is 158 Å². The predicted molar refractivity (Wildman–Crippen MR) is 106 cm³/mol. The van der Waals surface area contributed by atoms with Crippen molar-refractivity contribution in [3.8, 4) is 28.5 Å². The third-order valence-electron chi connectivity index (χ3n) is 5.03. The van der Waals surface area contributed by atoms with Crippen LogP contribution in [0.4, 0.5) is 0 Å². The summed E-state index contributed by atoms with van der Waals surface area (Å²) in [6.45, 7) is 4.23. The van der Waals surface area contributed by atoms with Crippen LogP contribution in [0, 0.1) is 0 Å². The van der Waals surface area contributed by atoms with Crippen LogP contribution < -0.4 is 4.74 Å². The van der Waals surface area contributed by atoms with E-state index >= 15 is 0 Å². The van der Waals surface area contributed by atoms with Gasteiger partial charge in [-0.2, -0.15) is 0 Å². The first-order valence-corrected chi connectivity index (χ1v) is 9.48.